The molecule has 0 aliphatic carbocycles. The molecule has 158 valence electrons. The molecule has 0 radical (unpaired) electrons. The van der Waals surface area contributed by atoms with E-state index in [4.69, 9.17) is 11.6 Å². The highest BCUT2D eigenvalue weighted by Gasteiger charge is 2.33. The Labute approximate surface area is 180 Å². The Bertz CT molecular complexity index is 1210. The normalized spacial score (nSPS) is 18.5. The predicted molar refractivity (Wildman–Crippen MR) is 117 cm³/mol. The summed E-state index contributed by atoms with van der Waals surface area (Å²) in [6, 6.07) is 8.15. The molecular formula is C21H23ClN4O3S. The number of amidine groups is 1. The molecule has 9 heteroatoms. The zero-order valence-corrected chi connectivity index (χ0v) is 18.4. The van der Waals surface area contributed by atoms with Gasteiger partial charge in [-0.3, -0.25) is 14.4 Å². The molecule has 1 fully saturated rings. The van der Waals surface area contributed by atoms with Crippen molar-refractivity contribution in [2.24, 2.45) is 9.39 Å². The van der Waals surface area contributed by atoms with E-state index >= 15 is 0 Å². The maximum Gasteiger partial charge on any atom is 0.286 e. The molecule has 2 aliphatic heterocycles. The second kappa shape index (κ2) is 8.00. The first-order chi connectivity index (χ1) is 14.3. The Hall–Kier alpha value is -2.45. The third-order valence-corrected chi connectivity index (χ3v) is 6.76. The van der Waals surface area contributed by atoms with Gasteiger partial charge in [-0.2, -0.15) is 8.42 Å². The van der Waals surface area contributed by atoms with E-state index in [-0.39, 0.29) is 21.5 Å². The summed E-state index contributed by atoms with van der Waals surface area (Å²) < 4.78 is 31.2. The molecule has 3 heterocycles. The number of halogens is 1. The van der Waals surface area contributed by atoms with E-state index < -0.39 is 15.9 Å². The SMILES string of the molecule is CC(C)N=c1ccccn1C(=O)c1cc2c(cc1Cl)N1CCCCCC1=NS2(=O)=O. The molecular weight excluding hydrogens is 424 g/mol. The Morgan fingerprint density at radius 1 is 1.20 bits per heavy atom. The van der Waals surface area contributed by atoms with E-state index in [9.17, 15) is 13.2 Å². The minimum absolute atomic E-state index is 0.0124. The van der Waals surface area contributed by atoms with Gasteiger partial charge in [0.05, 0.1) is 16.3 Å². The van der Waals surface area contributed by atoms with Crippen LogP contribution in [-0.2, 0) is 10.0 Å². The van der Waals surface area contributed by atoms with Crippen molar-refractivity contribution in [1.29, 1.82) is 0 Å². The quantitative estimate of drug-likeness (QED) is 0.705. The van der Waals surface area contributed by atoms with Gasteiger partial charge in [-0.15, -0.1) is 4.40 Å². The standard InChI is InChI=1S/C21H23ClN4O3S/c1-14(2)23-19-8-5-7-11-26(19)21(27)15-12-18-17(13-16(15)22)25-10-6-3-4-9-20(25)24-30(18,28)29/h5,7-8,11-14H,3-4,6,9-10H2,1-2H3. The number of pyridine rings is 1. The molecule has 0 N–H and O–H groups in total. The molecule has 0 amide bonds. The summed E-state index contributed by atoms with van der Waals surface area (Å²) >= 11 is 6.50. The molecule has 4 rings (SSSR count). The lowest BCUT2D eigenvalue weighted by Gasteiger charge is -2.30. The van der Waals surface area contributed by atoms with Crippen molar-refractivity contribution in [3.8, 4) is 0 Å². The van der Waals surface area contributed by atoms with Crippen LogP contribution >= 0.6 is 11.6 Å². The zero-order chi connectivity index (χ0) is 21.5. The van der Waals surface area contributed by atoms with E-state index in [2.05, 4.69) is 9.39 Å². The van der Waals surface area contributed by atoms with Crippen LogP contribution in [0.1, 0.15) is 49.9 Å². The molecule has 1 aromatic carbocycles. The fourth-order valence-electron chi connectivity index (χ4n) is 3.77. The lowest BCUT2D eigenvalue weighted by Crippen LogP contribution is -2.35. The molecule has 0 spiro atoms. The van der Waals surface area contributed by atoms with Crippen LogP contribution in [0.5, 0.6) is 0 Å². The first-order valence-electron chi connectivity index (χ1n) is 9.99. The summed E-state index contributed by atoms with van der Waals surface area (Å²) in [7, 11) is -3.91. The molecule has 1 aromatic heterocycles. The number of nitrogens with zero attached hydrogens (tertiary/aromatic N) is 4. The van der Waals surface area contributed by atoms with Gasteiger partial charge in [0, 0.05) is 25.2 Å². The Balaban J connectivity index is 1.86. The fraction of sp³-hybridized carbons (Fsp3) is 0.381. The number of rotatable bonds is 2. The zero-order valence-electron chi connectivity index (χ0n) is 16.9. The first kappa shape index (κ1) is 20.8. The van der Waals surface area contributed by atoms with Gasteiger partial charge in [0.1, 0.15) is 16.2 Å². The molecule has 2 aromatic rings. The monoisotopic (exact) mass is 446 g/mol. The summed E-state index contributed by atoms with van der Waals surface area (Å²) in [4.78, 5) is 19.7. The fourth-order valence-corrected chi connectivity index (χ4v) is 5.27. The highest BCUT2D eigenvalue weighted by atomic mass is 35.5. The third-order valence-electron chi connectivity index (χ3n) is 5.11. The average molecular weight is 447 g/mol. The Kier molecular flexibility index (Phi) is 5.55. The third kappa shape index (κ3) is 3.81. The van der Waals surface area contributed by atoms with Crippen LogP contribution < -0.4 is 10.4 Å². The highest BCUT2D eigenvalue weighted by Crippen LogP contribution is 2.38. The highest BCUT2D eigenvalue weighted by molar-refractivity contribution is 7.90. The van der Waals surface area contributed by atoms with Crippen molar-refractivity contribution in [2.45, 2.75) is 50.5 Å². The van der Waals surface area contributed by atoms with Gasteiger partial charge in [-0.1, -0.05) is 24.1 Å². The van der Waals surface area contributed by atoms with Crippen molar-refractivity contribution < 1.29 is 13.2 Å². The Morgan fingerprint density at radius 3 is 2.77 bits per heavy atom. The number of sulfonamides is 1. The van der Waals surface area contributed by atoms with E-state index in [1.807, 2.05) is 18.7 Å². The second-order valence-electron chi connectivity index (χ2n) is 7.70. The number of anilines is 1. The van der Waals surface area contributed by atoms with Crippen LogP contribution in [0, 0.1) is 0 Å². The van der Waals surface area contributed by atoms with Gasteiger partial charge in [-0.25, -0.2) is 0 Å². The van der Waals surface area contributed by atoms with Crippen molar-refractivity contribution in [1.82, 2.24) is 4.57 Å². The number of carbonyl (C=O) groups excluding carboxylic acids is 1. The number of carbonyl (C=O) groups is 1. The van der Waals surface area contributed by atoms with Gasteiger partial charge in [0.2, 0.25) is 0 Å². The van der Waals surface area contributed by atoms with Crippen LogP contribution in [0.3, 0.4) is 0 Å². The number of fused-ring (bicyclic) bond motifs is 3. The number of aromatic nitrogens is 1. The van der Waals surface area contributed by atoms with Gasteiger partial charge >= 0.3 is 0 Å². The maximum absolute atomic E-state index is 13.3. The molecule has 0 unspecified atom stereocenters. The molecule has 0 bridgehead atoms. The van der Waals surface area contributed by atoms with E-state index in [0.717, 1.165) is 19.3 Å². The van der Waals surface area contributed by atoms with E-state index in [1.54, 1.807) is 30.5 Å². The average Bonchev–Trinajstić information content (AvgIpc) is 2.92. The minimum Gasteiger partial charge on any atom is -0.328 e. The Morgan fingerprint density at radius 2 is 2.00 bits per heavy atom. The van der Waals surface area contributed by atoms with Gasteiger partial charge < -0.3 is 4.90 Å². The van der Waals surface area contributed by atoms with E-state index in [1.165, 1.54) is 10.6 Å². The lowest BCUT2D eigenvalue weighted by atomic mass is 10.1. The van der Waals surface area contributed by atoms with Gasteiger partial charge in [0.15, 0.2) is 0 Å². The summed E-state index contributed by atoms with van der Waals surface area (Å²) in [5, 5.41) is 0.200. The second-order valence-corrected chi connectivity index (χ2v) is 9.68. The number of hydrogen-bond acceptors (Lipinski definition) is 5. The smallest absolute Gasteiger partial charge is 0.286 e. The molecule has 30 heavy (non-hydrogen) atoms. The van der Waals surface area contributed by atoms with Gasteiger partial charge in [-0.05, 0) is 51.0 Å². The first-order valence-corrected chi connectivity index (χ1v) is 11.8. The molecule has 0 atom stereocenters. The predicted octanol–water partition coefficient (Wildman–Crippen LogP) is 3.62. The maximum atomic E-state index is 13.3. The van der Waals surface area contributed by atoms with Crippen molar-refractivity contribution in [3.63, 3.8) is 0 Å². The van der Waals surface area contributed by atoms with Crippen molar-refractivity contribution in [3.05, 3.63) is 52.6 Å². The summed E-state index contributed by atoms with van der Waals surface area (Å²) in [5.74, 6) is 0.106. The number of benzene rings is 1. The lowest BCUT2D eigenvalue weighted by molar-refractivity contribution is 0.0954. The van der Waals surface area contributed by atoms with Crippen LogP contribution in [0.2, 0.25) is 5.02 Å². The van der Waals surface area contributed by atoms with Crippen LogP contribution in [0.4, 0.5) is 5.69 Å². The summed E-state index contributed by atoms with van der Waals surface area (Å²) in [5.41, 5.74) is 1.07. The summed E-state index contributed by atoms with van der Waals surface area (Å²) in [6.45, 7) is 4.50. The molecule has 1 saturated heterocycles. The minimum atomic E-state index is -3.91. The molecule has 2 aliphatic rings. The topological polar surface area (TPSA) is 84.1 Å². The molecule has 0 saturated carbocycles. The van der Waals surface area contributed by atoms with Crippen LogP contribution in [-0.4, -0.2) is 37.3 Å². The van der Waals surface area contributed by atoms with Gasteiger partial charge in [0.25, 0.3) is 15.9 Å². The summed E-state index contributed by atoms with van der Waals surface area (Å²) in [6.07, 6.45) is 5.06. The van der Waals surface area contributed by atoms with Crippen LogP contribution in [0.25, 0.3) is 0 Å². The molecule has 7 nitrogen and oxygen atoms in total. The number of hydrogen-bond donors (Lipinski definition) is 0. The van der Waals surface area contributed by atoms with Crippen molar-refractivity contribution >= 4 is 39.1 Å². The van der Waals surface area contributed by atoms with Crippen molar-refractivity contribution in [2.75, 3.05) is 11.4 Å². The van der Waals surface area contributed by atoms with Crippen LogP contribution in [0.15, 0.2) is 50.8 Å². The largest absolute Gasteiger partial charge is 0.328 e. The van der Waals surface area contributed by atoms with E-state index in [0.29, 0.717) is 30.0 Å².